The van der Waals surface area contributed by atoms with Crippen LogP contribution in [0, 0.1) is 5.82 Å². The molecule has 1 amide bonds. The lowest BCUT2D eigenvalue weighted by Gasteiger charge is -2.06. The highest BCUT2D eigenvalue weighted by atomic mass is 19.1. The second kappa shape index (κ2) is 7.23. The maximum absolute atomic E-state index is 12.9. The maximum atomic E-state index is 12.9. The van der Waals surface area contributed by atoms with Crippen LogP contribution in [0.4, 0.5) is 4.39 Å². The molecule has 0 aliphatic carbocycles. The van der Waals surface area contributed by atoms with E-state index in [2.05, 4.69) is 41.2 Å². The van der Waals surface area contributed by atoms with E-state index in [1.807, 2.05) is 18.2 Å². The first-order valence-electron chi connectivity index (χ1n) is 9.09. The fraction of sp³-hybridized carbons (Fsp3) is 0.174. The summed E-state index contributed by atoms with van der Waals surface area (Å²) in [5.74, 6) is -0.248. The molecule has 0 saturated carbocycles. The molecule has 4 aromatic rings. The Kier molecular flexibility index (Phi) is 4.63. The molecule has 136 valence electrons. The molecule has 0 atom stereocenters. The summed E-state index contributed by atoms with van der Waals surface area (Å²) in [6, 6.07) is 20.9. The fourth-order valence-corrected chi connectivity index (χ4v) is 3.56. The van der Waals surface area contributed by atoms with Crippen LogP contribution in [0.1, 0.15) is 11.1 Å². The molecule has 1 aromatic heterocycles. The van der Waals surface area contributed by atoms with E-state index in [-0.39, 0.29) is 11.7 Å². The van der Waals surface area contributed by atoms with Gasteiger partial charge in [-0.2, -0.15) is 0 Å². The number of amides is 1. The van der Waals surface area contributed by atoms with E-state index in [1.165, 1.54) is 28.4 Å². The number of carbonyl (C=O) groups excluding carboxylic acids is 1. The van der Waals surface area contributed by atoms with Gasteiger partial charge in [-0.15, -0.1) is 0 Å². The molecular weight excluding hydrogens is 339 g/mol. The van der Waals surface area contributed by atoms with Crippen molar-refractivity contribution in [1.29, 1.82) is 0 Å². The first-order chi connectivity index (χ1) is 13.1. The molecule has 0 fully saturated rings. The molecule has 0 aliphatic rings. The number of hydrogen-bond acceptors (Lipinski definition) is 1. The highest BCUT2D eigenvalue weighted by molar-refractivity contribution is 6.08. The van der Waals surface area contributed by atoms with Gasteiger partial charge in [0.1, 0.15) is 5.82 Å². The average molecular weight is 360 g/mol. The Morgan fingerprint density at radius 1 is 0.926 bits per heavy atom. The van der Waals surface area contributed by atoms with Crippen molar-refractivity contribution in [3.05, 3.63) is 83.7 Å². The van der Waals surface area contributed by atoms with Gasteiger partial charge in [0.05, 0.1) is 6.42 Å². The van der Waals surface area contributed by atoms with Crippen molar-refractivity contribution in [3.8, 4) is 0 Å². The first-order valence-corrected chi connectivity index (χ1v) is 9.09. The zero-order chi connectivity index (χ0) is 18.8. The molecular formula is C23H21FN2O. The summed E-state index contributed by atoms with van der Waals surface area (Å²) >= 11 is 0. The zero-order valence-electron chi connectivity index (χ0n) is 15.2. The smallest absolute Gasteiger partial charge is 0.224 e. The van der Waals surface area contributed by atoms with Crippen LogP contribution in [-0.2, 0) is 24.7 Å². The number of para-hydroxylation sites is 1. The van der Waals surface area contributed by atoms with Crippen molar-refractivity contribution in [1.82, 2.24) is 9.88 Å². The van der Waals surface area contributed by atoms with Crippen molar-refractivity contribution in [2.45, 2.75) is 12.8 Å². The maximum Gasteiger partial charge on any atom is 0.224 e. The van der Waals surface area contributed by atoms with Gasteiger partial charge in [0.25, 0.3) is 0 Å². The molecule has 4 rings (SSSR count). The number of halogens is 1. The lowest BCUT2D eigenvalue weighted by molar-refractivity contribution is -0.120. The van der Waals surface area contributed by atoms with Gasteiger partial charge < -0.3 is 9.88 Å². The second-order valence-electron chi connectivity index (χ2n) is 6.83. The number of aromatic nitrogens is 1. The molecule has 0 spiro atoms. The predicted molar refractivity (Wildman–Crippen MR) is 107 cm³/mol. The second-order valence-corrected chi connectivity index (χ2v) is 6.83. The number of hydrogen-bond donors (Lipinski definition) is 1. The van der Waals surface area contributed by atoms with Gasteiger partial charge in [0.15, 0.2) is 0 Å². The minimum absolute atomic E-state index is 0.00442. The van der Waals surface area contributed by atoms with E-state index < -0.39 is 0 Å². The van der Waals surface area contributed by atoms with E-state index in [0.29, 0.717) is 19.4 Å². The Morgan fingerprint density at radius 2 is 1.63 bits per heavy atom. The number of carbonyl (C=O) groups is 1. The van der Waals surface area contributed by atoms with Crippen molar-refractivity contribution in [3.63, 3.8) is 0 Å². The first kappa shape index (κ1) is 17.3. The number of rotatable bonds is 5. The topological polar surface area (TPSA) is 34.0 Å². The molecule has 3 nitrogen and oxygen atoms in total. The quantitative estimate of drug-likeness (QED) is 0.563. The Labute approximate surface area is 157 Å². The Hall–Kier alpha value is -3.14. The fourth-order valence-electron chi connectivity index (χ4n) is 3.56. The third-order valence-electron chi connectivity index (χ3n) is 4.99. The lowest BCUT2D eigenvalue weighted by atomic mass is 10.1. The van der Waals surface area contributed by atoms with E-state index in [4.69, 9.17) is 0 Å². The summed E-state index contributed by atoms with van der Waals surface area (Å²) in [5.41, 5.74) is 4.32. The van der Waals surface area contributed by atoms with Crippen LogP contribution in [-0.4, -0.2) is 17.0 Å². The van der Waals surface area contributed by atoms with Crippen molar-refractivity contribution >= 4 is 27.7 Å². The third kappa shape index (κ3) is 3.56. The highest BCUT2D eigenvalue weighted by Crippen LogP contribution is 2.28. The molecule has 0 saturated heterocycles. The van der Waals surface area contributed by atoms with E-state index in [9.17, 15) is 9.18 Å². The molecule has 4 heteroatoms. The van der Waals surface area contributed by atoms with E-state index in [1.54, 1.807) is 12.1 Å². The van der Waals surface area contributed by atoms with Crippen molar-refractivity contribution < 1.29 is 9.18 Å². The van der Waals surface area contributed by atoms with Gasteiger partial charge in [-0.1, -0.05) is 42.5 Å². The summed E-state index contributed by atoms with van der Waals surface area (Å²) < 4.78 is 15.1. The predicted octanol–water partition coefficient (Wildman–Crippen LogP) is 4.37. The van der Waals surface area contributed by atoms with Crippen LogP contribution in [0.2, 0.25) is 0 Å². The highest BCUT2D eigenvalue weighted by Gasteiger charge is 2.10. The third-order valence-corrected chi connectivity index (χ3v) is 4.99. The number of benzene rings is 3. The van der Waals surface area contributed by atoms with Gasteiger partial charge in [-0.05, 0) is 41.8 Å². The molecule has 27 heavy (non-hydrogen) atoms. The largest absolute Gasteiger partial charge is 0.355 e. The molecule has 0 bridgehead atoms. The Morgan fingerprint density at radius 3 is 2.44 bits per heavy atom. The van der Waals surface area contributed by atoms with Gasteiger partial charge in [-0.3, -0.25) is 4.79 Å². The van der Waals surface area contributed by atoms with Crippen LogP contribution in [0.25, 0.3) is 21.8 Å². The van der Waals surface area contributed by atoms with Crippen LogP contribution in [0.15, 0.2) is 66.7 Å². The molecule has 0 aliphatic heterocycles. The minimum Gasteiger partial charge on any atom is -0.355 e. The number of nitrogens with one attached hydrogen (secondary N) is 1. The summed E-state index contributed by atoms with van der Waals surface area (Å²) in [5, 5.41) is 5.37. The van der Waals surface area contributed by atoms with Gasteiger partial charge in [-0.25, -0.2) is 4.39 Å². The number of aryl methyl sites for hydroxylation is 1. The van der Waals surface area contributed by atoms with Gasteiger partial charge in [0.2, 0.25) is 5.91 Å². The van der Waals surface area contributed by atoms with Gasteiger partial charge in [0, 0.05) is 35.4 Å². The molecule has 1 heterocycles. The van der Waals surface area contributed by atoms with Crippen molar-refractivity contribution in [2.24, 2.45) is 7.05 Å². The SMILES string of the molecule is Cn1c2ccccc2c2ccc(CC(=O)NCCc3ccc(F)cc3)cc21. The van der Waals surface area contributed by atoms with E-state index >= 15 is 0 Å². The lowest BCUT2D eigenvalue weighted by Crippen LogP contribution is -2.27. The van der Waals surface area contributed by atoms with Crippen LogP contribution in [0.3, 0.4) is 0 Å². The number of nitrogens with zero attached hydrogens (tertiary/aromatic N) is 1. The molecule has 0 unspecified atom stereocenters. The molecule has 1 N–H and O–H groups in total. The molecule has 3 aromatic carbocycles. The minimum atomic E-state index is -0.244. The van der Waals surface area contributed by atoms with Crippen LogP contribution in [0.5, 0.6) is 0 Å². The number of fused-ring (bicyclic) bond motifs is 3. The average Bonchev–Trinajstić information content (AvgIpc) is 2.96. The summed E-state index contributed by atoms with van der Waals surface area (Å²) in [4.78, 5) is 12.3. The van der Waals surface area contributed by atoms with Crippen LogP contribution >= 0.6 is 0 Å². The normalized spacial score (nSPS) is 11.2. The van der Waals surface area contributed by atoms with Crippen LogP contribution < -0.4 is 5.32 Å². The zero-order valence-corrected chi connectivity index (χ0v) is 15.2. The standard InChI is InChI=1S/C23H21FN2O/c1-26-21-5-3-2-4-19(21)20-11-8-17(14-22(20)26)15-23(27)25-13-12-16-6-9-18(24)10-7-16/h2-11,14H,12-13,15H2,1H3,(H,25,27). The Balaban J connectivity index is 1.43. The Bertz CT molecular complexity index is 1110. The summed E-state index contributed by atoms with van der Waals surface area (Å²) in [6.45, 7) is 0.542. The monoisotopic (exact) mass is 360 g/mol. The molecule has 0 radical (unpaired) electrons. The van der Waals surface area contributed by atoms with Crippen molar-refractivity contribution in [2.75, 3.05) is 6.54 Å². The summed E-state index contributed by atoms with van der Waals surface area (Å²) in [6.07, 6.45) is 1.04. The van der Waals surface area contributed by atoms with Gasteiger partial charge >= 0.3 is 0 Å². The summed E-state index contributed by atoms with van der Waals surface area (Å²) in [7, 11) is 2.05. The van der Waals surface area contributed by atoms with E-state index in [0.717, 1.165) is 16.6 Å².